The van der Waals surface area contributed by atoms with Crippen molar-refractivity contribution in [2.24, 2.45) is 0 Å². The predicted molar refractivity (Wildman–Crippen MR) is 117 cm³/mol. The van der Waals surface area contributed by atoms with Gasteiger partial charge in [-0.15, -0.1) is 0 Å². The molecule has 10 heteroatoms. The lowest BCUT2D eigenvalue weighted by molar-refractivity contribution is -0.384. The molecule has 0 aliphatic heterocycles. The topological polar surface area (TPSA) is 101 Å². The second kappa shape index (κ2) is 9.13. The van der Waals surface area contributed by atoms with E-state index < -0.39 is 16.7 Å². The first-order chi connectivity index (χ1) is 14.2. The Balaban J connectivity index is 1.88. The molecule has 0 atom stereocenters. The summed E-state index contributed by atoms with van der Waals surface area (Å²) in [5.74, 6) is -1.17. The third kappa shape index (κ3) is 5.07. The first-order valence-corrected chi connectivity index (χ1v) is 9.50. The minimum atomic E-state index is -0.615. The van der Waals surface area contributed by atoms with E-state index in [-0.39, 0.29) is 38.2 Å². The number of nitrogens with one attached hydrogen (secondary N) is 2. The fraction of sp³-hybridized carbons (Fsp3) is 0. The molecule has 2 amide bonds. The number of nitro groups is 1. The maximum atomic E-state index is 12.8. The van der Waals surface area contributed by atoms with E-state index >= 15 is 0 Å². The molecule has 3 rings (SSSR count). The van der Waals surface area contributed by atoms with Crippen molar-refractivity contribution in [3.05, 3.63) is 97.0 Å². The van der Waals surface area contributed by atoms with E-state index in [0.717, 1.165) is 0 Å². The summed E-state index contributed by atoms with van der Waals surface area (Å²) in [6.07, 6.45) is 0. The summed E-state index contributed by atoms with van der Waals surface area (Å²) in [7, 11) is 0. The van der Waals surface area contributed by atoms with Crippen molar-refractivity contribution in [1.82, 2.24) is 0 Å². The zero-order valence-corrected chi connectivity index (χ0v) is 17.3. The van der Waals surface area contributed by atoms with E-state index in [9.17, 15) is 19.7 Å². The van der Waals surface area contributed by atoms with Gasteiger partial charge in [0.15, 0.2) is 0 Å². The number of hydrogen-bond donors (Lipinski definition) is 2. The van der Waals surface area contributed by atoms with Crippen molar-refractivity contribution in [2.75, 3.05) is 10.6 Å². The monoisotopic (exact) mass is 463 g/mol. The van der Waals surface area contributed by atoms with Gasteiger partial charge in [-0.05, 0) is 42.5 Å². The number of hydrogen-bond acceptors (Lipinski definition) is 4. The maximum absolute atomic E-state index is 12.8. The van der Waals surface area contributed by atoms with Crippen molar-refractivity contribution in [3.63, 3.8) is 0 Å². The van der Waals surface area contributed by atoms with E-state index in [4.69, 9.17) is 34.8 Å². The molecule has 3 aromatic rings. The van der Waals surface area contributed by atoms with Gasteiger partial charge in [-0.25, -0.2) is 0 Å². The summed E-state index contributed by atoms with van der Waals surface area (Å²) < 4.78 is 0. The Labute approximate surface area is 185 Å². The summed E-state index contributed by atoms with van der Waals surface area (Å²) >= 11 is 17.9. The van der Waals surface area contributed by atoms with Gasteiger partial charge >= 0.3 is 0 Å². The molecule has 0 aromatic heterocycles. The zero-order chi connectivity index (χ0) is 21.8. The van der Waals surface area contributed by atoms with Crippen molar-refractivity contribution < 1.29 is 14.5 Å². The molecule has 30 heavy (non-hydrogen) atoms. The van der Waals surface area contributed by atoms with Gasteiger partial charge in [0.2, 0.25) is 0 Å². The van der Waals surface area contributed by atoms with Gasteiger partial charge in [0.05, 0.1) is 26.8 Å². The molecule has 0 spiro atoms. The highest BCUT2D eigenvalue weighted by molar-refractivity contribution is 6.37. The molecule has 0 bridgehead atoms. The van der Waals surface area contributed by atoms with Gasteiger partial charge < -0.3 is 10.6 Å². The fourth-order valence-electron chi connectivity index (χ4n) is 2.57. The number of halogens is 3. The molecular formula is C20H12Cl3N3O4. The van der Waals surface area contributed by atoms with Crippen LogP contribution in [0.2, 0.25) is 15.1 Å². The van der Waals surface area contributed by atoms with Crippen LogP contribution in [0.25, 0.3) is 0 Å². The summed E-state index contributed by atoms with van der Waals surface area (Å²) in [6, 6.07) is 14.2. The molecule has 0 aliphatic carbocycles. The number of carbonyl (C=O) groups excluding carboxylic acids is 2. The minimum Gasteiger partial charge on any atom is -0.322 e. The lowest BCUT2D eigenvalue weighted by Gasteiger charge is -2.13. The third-order valence-electron chi connectivity index (χ3n) is 3.97. The van der Waals surface area contributed by atoms with Crippen molar-refractivity contribution >= 4 is 63.7 Å². The minimum absolute atomic E-state index is 0.0624. The standard InChI is InChI=1S/C20H12Cl3N3O4/c21-11-5-7-18(25-19(27)15-6-4-12(22)9-17(15)23)16(8-11)20(28)24-13-2-1-3-14(10-13)26(29)30/h1-10H,(H,24,28)(H,25,27). The Kier molecular flexibility index (Phi) is 6.56. The first-order valence-electron chi connectivity index (χ1n) is 8.36. The van der Waals surface area contributed by atoms with Gasteiger partial charge in [0.1, 0.15) is 0 Å². The molecule has 152 valence electrons. The second-order valence-electron chi connectivity index (χ2n) is 6.03. The fourth-order valence-corrected chi connectivity index (χ4v) is 3.24. The van der Waals surface area contributed by atoms with Crippen LogP contribution in [0.5, 0.6) is 0 Å². The van der Waals surface area contributed by atoms with Crippen molar-refractivity contribution in [1.29, 1.82) is 0 Å². The Morgan fingerprint density at radius 1 is 0.800 bits per heavy atom. The van der Waals surface area contributed by atoms with E-state index in [1.54, 1.807) is 0 Å². The van der Waals surface area contributed by atoms with E-state index in [1.165, 1.54) is 60.7 Å². The molecule has 0 fully saturated rings. The summed E-state index contributed by atoms with van der Waals surface area (Å²) in [5, 5.41) is 16.9. The number of nitro benzene ring substituents is 1. The zero-order valence-electron chi connectivity index (χ0n) is 15.0. The Morgan fingerprint density at radius 3 is 2.17 bits per heavy atom. The average Bonchev–Trinajstić information content (AvgIpc) is 2.69. The van der Waals surface area contributed by atoms with E-state index in [1.807, 2.05) is 0 Å². The normalized spacial score (nSPS) is 10.4. The Bertz CT molecular complexity index is 1170. The lowest BCUT2D eigenvalue weighted by atomic mass is 10.1. The van der Waals surface area contributed by atoms with Crippen LogP contribution >= 0.6 is 34.8 Å². The Morgan fingerprint density at radius 2 is 1.47 bits per heavy atom. The van der Waals surface area contributed by atoms with Crippen LogP contribution in [0.3, 0.4) is 0 Å². The molecule has 0 radical (unpaired) electrons. The average molecular weight is 465 g/mol. The Hall–Kier alpha value is -3.13. The van der Waals surface area contributed by atoms with Gasteiger partial charge in [-0.3, -0.25) is 19.7 Å². The highest BCUT2D eigenvalue weighted by atomic mass is 35.5. The van der Waals surface area contributed by atoms with Gasteiger partial charge in [-0.1, -0.05) is 40.9 Å². The molecule has 3 aromatic carbocycles. The van der Waals surface area contributed by atoms with Gasteiger partial charge in [-0.2, -0.15) is 0 Å². The van der Waals surface area contributed by atoms with Crippen LogP contribution < -0.4 is 10.6 Å². The molecular weight excluding hydrogens is 453 g/mol. The quantitative estimate of drug-likeness (QED) is 0.354. The number of anilines is 2. The number of rotatable bonds is 5. The molecule has 0 saturated heterocycles. The van der Waals surface area contributed by atoms with E-state index in [0.29, 0.717) is 5.02 Å². The highest BCUT2D eigenvalue weighted by Crippen LogP contribution is 2.26. The summed E-state index contributed by atoms with van der Waals surface area (Å²) in [4.78, 5) is 35.7. The van der Waals surface area contributed by atoms with Crippen LogP contribution in [0, 0.1) is 10.1 Å². The van der Waals surface area contributed by atoms with Gasteiger partial charge in [0, 0.05) is 27.9 Å². The molecule has 0 heterocycles. The van der Waals surface area contributed by atoms with E-state index in [2.05, 4.69) is 10.6 Å². The molecule has 2 N–H and O–H groups in total. The number of non-ortho nitro benzene ring substituents is 1. The van der Waals surface area contributed by atoms with Gasteiger partial charge in [0.25, 0.3) is 17.5 Å². The summed E-state index contributed by atoms with van der Waals surface area (Å²) in [5.41, 5.74) is 0.448. The predicted octanol–water partition coefficient (Wildman–Crippen LogP) is 6.06. The number of nitrogens with zero attached hydrogens (tertiary/aromatic N) is 1. The summed E-state index contributed by atoms with van der Waals surface area (Å²) in [6.45, 7) is 0. The molecule has 0 aliphatic rings. The highest BCUT2D eigenvalue weighted by Gasteiger charge is 2.18. The molecule has 0 saturated carbocycles. The van der Waals surface area contributed by atoms with Crippen LogP contribution in [0.4, 0.5) is 17.1 Å². The number of amides is 2. The first kappa shape index (κ1) is 21.6. The van der Waals surface area contributed by atoms with Crippen LogP contribution in [0.15, 0.2) is 60.7 Å². The largest absolute Gasteiger partial charge is 0.322 e. The third-order valence-corrected chi connectivity index (χ3v) is 4.75. The second-order valence-corrected chi connectivity index (χ2v) is 7.31. The van der Waals surface area contributed by atoms with Crippen LogP contribution in [-0.4, -0.2) is 16.7 Å². The number of benzene rings is 3. The van der Waals surface area contributed by atoms with Crippen LogP contribution in [-0.2, 0) is 0 Å². The smallest absolute Gasteiger partial charge is 0.271 e. The van der Waals surface area contributed by atoms with Crippen molar-refractivity contribution in [2.45, 2.75) is 0 Å². The maximum Gasteiger partial charge on any atom is 0.271 e. The van der Waals surface area contributed by atoms with Crippen LogP contribution in [0.1, 0.15) is 20.7 Å². The SMILES string of the molecule is O=C(Nc1ccc(Cl)cc1C(=O)Nc1cccc([N+](=O)[O-])c1)c1ccc(Cl)cc1Cl. The molecule has 7 nitrogen and oxygen atoms in total. The lowest BCUT2D eigenvalue weighted by Crippen LogP contribution is -2.18. The number of carbonyl (C=O) groups is 2. The van der Waals surface area contributed by atoms with Crippen molar-refractivity contribution in [3.8, 4) is 0 Å². The molecule has 0 unspecified atom stereocenters.